The molecule has 0 radical (unpaired) electrons. The molecule has 3 heterocycles. The topological polar surface area (TPSA) is 77.0 Å². The van der Waals surface area contributed by atoms with Gasteiger partial charge >= 0.3 is 5.97 Å². The van der Waals surface area contributed by atoms with Crippen LogP contribution in [0.15, 0.2) is 30.0 Å². The van der Waals surface area contributed by atoms with E-state index in [-0.39, 0.29) is 5.97 Å². The van der Waals surface area contributed by atoms with Gasteiger partial charge in [0.2, 0.25) is 0 Å². The van der Waals surface area contributed by atoms with Crippen LogP contribution >= 0.6 is 11.3 Å². The number of hydrogen-bond donors (Lipinski definition) is 1. The summed E-state index contributed by atoms with van der Waals surface area (Å²) in [6.07, 6.45) is 3.17. The largest absolute Gasteiger partial charge is 0.462 e. The molecule has 0 saturated heterocycles. The van der Waals surface area contributed by atoms with Crippen LogP contribution in [-0.2, 0) is 4.74 Å². The van der Waals surface area contributed by atoms with Crippen LogP contribution in [0.4, 0.5) is 11.6 Å². The van der Waals surface area contributed by atoms with Crippen molar-refractivity contribution >= 4 is 39.2 Å². The van der Waals surface area contributed by atoms with E-state index in [0.29, 0.717) is 29.2 Å². The molecule has 7 heteroatoms. The highest BCUT2D eigenvalue weighted by Gasteiger charge is 2.18. The second-order valence-corrected chi connectivity index (χ2v) is 5.42. The maximum atomic E-state index is 12.1. The zero-order valence-electron chi connectivity index (χ0n) is 12.2. The summed E-state index contributed by atoms with van der Waals surface area (Å²) in [4.78, 5) is 25.6. The molecular weight excluding hydrogens is 300 g/mol. The van der Waals surface area contributed by atoms with Crippen LogP contribution in [0, 0.1) is 6.92 Å². The second kappa shape index (κ2) is 6.07. The van der Waals surface area contributed by atoms with E-state index in [4.69, 9.17) is 4.74 Å². The summed E-state index contributed by atoms with van der Waals surface area (Å²) >= 11 is 1.38. The van der Waals surface area contributed by atoms with Crippen LogP contribution < -0.4 is 5.32 Å². The molecule has 3 aromatic heterocycles. The Hall–Kier alpha value is -2.54. The number of rotatable bonds is 4. The molecule has 0 unspecified atom stereocenters. The summed E-state index contributed by atoms with van der Waals surface area (Å²) in [7, 11) is 0. The predicted molar refractivity (Wildman–Crippen MR) is 85.6 cm³/mol. The predicted octanol–water partition coefficient (Wildman–Crippen LogP) is 3.32. The molecule has 0 fully saturated rings. The molecule has 0 atom stereocenters. The van der Waals surface area contributed by atoms with Gasteiger partial charge in [-0.25, -0.2) is 19.7 Å². The Morgan fingerprint density at radius 3 is 2.95 bits per heavy atom. The number of carbonyl (C=O) groups is 1. The lowest BCUT2D eigenvalue weighted by Gasteiger charge is -2.09. The monoisotopic (exact) mass is 314 g/mol. The average Bonchev–Trinajstić information content (AvgIpc) is 2.95. The molecule has 3 aromatic rings. The Morgan fingerprint density at radius 2 is 2.18 bits per heavy atom. The van der Waals surface area contributed by atoms with Gasteiger partial charge in [-0.2, -0.15) is 0 Å². The minimum Gasteiger partial charge on any atom is -0.462 e. The van der Waals surface area contributed by atoms with E-state index in [1.165, 1.54) is 17.7 Å². The van der Waals surface area contributed by atoms with Crippen molar-refractivity contribution in [3.8, 4) is 0 Å². The van der Waals surface area contributed by atoms with E-state index in [9.17, 15) is 4.79 Å². The van der Waals surface area contributed by atoms with Gasteiger partial charge in [-0.1, -0.05) is 6.07 Å². The number of aromatic nitrogens is 3. The third-order valence-corrected chi connectivity index (χ3v) is 4.00. The molecule has 6 nitrogen and oxygen atoms in total. The summed E-state index contributed by atoms with van der Waals surface area (Å²) in [5.74, 6) is 0.879. The molecule has 0 aromatic carbocycles. The molecule has 0 saturated carbocycles. The van der Waals surface area contributed by atoms with Crippen molar-refractivity contribution < 1.29 is 9.53 Å². The molecule has 0 spiro atoms. The normalized spacial score (nSPS) is 10.6. The van der Waals surface area contributed by atoms with Gasteiger partial charge in [0, 0.05) is 11.6 Å². The summed E-state index contributed by atoms with van der Waals surface area (Å²) in [6.45, 7) is 4.05. The lowest BCUT2D eigenvalue weighted by atomic mass is 10.2. The fourth-order valence-corrected chi connectivity index (χ4v) is 2.93. The lowest BCUT2D eigenvalue weighted by Crippen LogP contribution is -2.06. The summed E-state index contributed by atoms with van der Waals surface area (Å²) in [6, 6.07) is 3.82. The van der Waals surface area contributed by atoms with Gasteiger partial charge in [0.15, 0.2) is 0 Å². The third-order valence-electron chi connectivity index (χ3n) is 3.11. The van der Waals surface area contributed by atoms with Crippen molar-refractivity contribution in [1.29, 1.82) is 0 Å². The second-order valence-electron chi connectivity index (χ2n) is 4.57. The minimum absolute atomic E-state index is 0.325. The highest BCUT2D eigenvalue weighted by Crippen LogP contribution is 2.31. The quantitative estimate of drug-likeness (QED) is 0.744. The highest BCUT2D eigenvalue weighted by atomic mass is 32.1. The number of hydrogen-bond acceptors (Lipinski definition) is 7. The zero-order valence-corrected chi connectivity index (χ0v) is 13.0. The number of ether oxygens (including phenoxy) is 1. The van der Waals surface area contributed by atoms with Crippen molar-refractivity contribution in [2.75, 3.05) is 11.9 Å². The number of nitrogens with one attached hydrogen (secondary N) is 1. The smallest absolute Gasteiger partial charge is 0.339 e. The number of thiophene rings is 1. The molecule has 0 bridgehead atoms. The van der Waals surface area contributed by atoms with Crippen molar-refractivity contribution in [2.24, 2.45) is 0 Å². The van der Waals surface area contributed by atoms with E-state index in [2.05, 4.69) is 20.3 Å². The molecule has 0 aliphatic rings. The first-order chi connectivity index (χ1) is 10.7. The first-order valence-corrected chi connectivity index (χ1v) is 7.66. The molecule has 22 heavy (non-hydrogen) atoms. The lowest BCUT2D eigenvalue weighted by molar-refractivity contribution is 0.0529. The molecule has 3 rings (SSSR count). The van der Waals surface area contributed by atoms with Crippen LogP contribution in [0.1, 0.15) is 22.8 Å². The fourth-order valence-electron chi connectivity index (χ4n) is 2.06. The van der Waals surface area contributed by atoms with Gasteiger partial charge in [0.25, 0.3) is 0 Å². The first kappa shape index (κ1) is 14.4. The number of pyridine rings is 1. The summed E-state index contributed by atoms with van der Waals surface area (Å²) in [5.41, 5.74) is 1.46. The number of aryl methyl sites for hydroxylation is 1. The van der Waals surface area contributed by atoms with E-state index in [1.54, 1.807) is 18.5 Å². The van der Waals surface area contributed by atoms with E-state index in [0.717, 1.165) is 10.4 Å². The van der Waals surface area contributed by atoms with Gasteiger partial charge in [-0.15, -0.1) is 11.3 Å². The Morgan fingerprint density at radius 1 is 1.32 bits per heavy atom. The van der Waals surface area contributed by atoms with E-state index < -0.39 is 0 Å². The summed E-state index contributed by atoms with van der Waals surface area (Å²) in [5, 5.41) is 5.58. The number of carbonyl (C=O) groups excluding carboxylic acids is 1. The zero-order chi connectivity index (χ0) is 15.5. The maximum Gasteiger partial charge on any atom is 0.339 e. The number of nitrogens with zero attached hydrogens (tertiary/aromatic N) is 3. The van der Waals surface area contributed by atoms with Crippen LogP contribution in [0.2, 0.25) is 0 Å². The average molecular weight is 314 g/mol. The Bertz CT molecular complexity index is 831. The van der Waals surface area contributed by atoms with E-state index >= 15 is 0 Å². The van der Waals surface area contributed by atoms with Gasteiger partial charge in [-0.3, -0.25) is 0 Å². The van der Waals surface area contributed by atoms with Gasteiger partial charge in [-0.05, 0) is 25.5 Å². The standard InChI is InChI=1S/C15H14N4O2S/c1-3-21-15(20)10-7-22-14-11(10)13(17-8-18-14)19-12-9(2)5-4-6-16-12/h4-8H,3H2,1-2H3,(H,16,17,18,19). The van der Waals surface area contributed by atoms with Crippen LogP contribution in [0.25, 0.3) is 10.2 Å². The Kier molecular flexibility index (Phi) is 3.97. The van der Waals surface area contributed by atoms with Gasteiger partial charge < -0.3 is 10.1 Å². The molecule has 112 valence electrons. The van der Waals surface area contributed by atoms with Crippen LogP contribution in [0.3, 0.4) is 0 Å². The number of fused-ring (bicyclic) bond motifs is 1. The summed E-state index contributed by atoms with van der Waals surface area (Å²) < 4.78 is 5.09. The van der Waals surface area contributed by atoms with Crippen molar-refractivity contribution in [3.05, 3.63) is 41.2 Å². The van der Waals surface area contributed by atoms with Crippen molar-refractivity contribution in [1.82, 2.24) is 15.0 Å². The van der Waals surface area contributed by atoms with Gasteiger partial charge in [0.05, 0.1) is 17.6 Å². The highest BCUT2D eigenvalue weighted by molar-refractivity contribution is 7.17. The van der Waals surface area contributed by atoms with Crippen LogP contribution in [-0.4, -0.2) is 27.5 Å². The fraction of sp³-hybridized carbons (Fsp3) is 0.200. The third kappa shape index (κ3) is 2.62. The molecule has 0 aliphatic carbocycles. The minimum atomic E-state index is -0.371. The van der Waals surface area contributed by atoms with Gasteiger partial charge in [0.1, 0.15) is 22.8 Å². The van der Waals surface area contributed by atoms with E-state index in [1.807, 2.05) is 19.1 Å². The maximum absolute atomic E-state index is 12.1. The SMILES string of the molecule is CCOC(=O)c1csc2ncnc(Nc3ncccc3C)c12. The molecule has 0 aliphatic heterocycles. The molecular formula is C15H14N4O2S. The van der Waals surface area contributed by atoms with Crippen molar-refractivity contribution in [2.45, 2.75) is 13.8 Å². The first-order valence-electron chi connectivity index (χ1n) is 6.78. The Labute approximate surface area is 131 Å². The van der Waals surface area contributed by atoms with Crippen molar-refractivity contribution in [3.63, 3.8) is 0 Å². The number of anilines is 2. The molecule has 0 amide bonds. The Balaban J connectivity index is 2.08. The molecule has 1 N–H and O–H groups in total. The number of esters is 1. The van der Waals surface area contributed by atoms with Crippen LogP contribution in [0.5, 0.6) is 0 Å².